The summed E-state index contributed by atoms with van der Waals surface area (Å²) in [7, 11) is 0. The molecule has 7 heteroatoms. The van der Waals surface area contributed by atoms with Crippen LogP contribution in [0.5, 0.6) is 0 Å². The maximum Gasteiger partial charge on any atom is 0.340 e. The monoisotopic (exact) mass is 406 g/mol. The molecule has 7 nitrogen and oxygen atoms in total. The van der Waals surface area contributed by atoms with Gasteiger partial charge in [-0.15, -0.1) is 0 Å². The van der Waals surface area contributed by atoms with Crippen LogP contribution in [0.4, 0.5) is 5.69 Å². The fraction of sp³-hybridized carbons (Fsp3) is 0.304. The maximum absolute atomic E-state index is 12.9. The molecule has 0 bridgehead atoms. The van der Waals surface area contributed by atoms with Gasteiger partial charge in [0.1, 0.15) is 0 Å². The molecule has 0 radical (unpaired) electrons. The van der Waals surface area contributed by atoms with E-state index < -0.39 is 18.4 Å². The van der Waals surface area contributed by atoms with Crippen LogP contribution in [0.1, 0.15) is 68.4 Å². The minimum absolute atomic E-state index is 0.00382. The highest BCUT2D eigenvalue weighted by Crippen LogP contribution is 2.32. The normalized spacial score (nSPS) is 17.9. The fourth-order valence-electron chi connectivity index (χ4n) is 4.15. The summed E-state index contributed by atoms with van der Waals surface area (Å²) in [4.78, 5) is 52.4. The Morgan fingerprint density at radius 1 is 1.03 bits per heavy atom. The van der Waals surface area contributed by atoms with E-state index in [9.17, 15) is 19.2 Å². The van der Waals surface area contributed by atoms with E-state index in [4.69, 9.17) is 10.5 Å². The van der Waals surface area contributed by atoms with Gasteiger partial charge in [0.25, 0.3) is 5.91 Å². The smallest absolute Gasteiger partial charge is 0.340 e. The molecule has 0 spiro atoms. The van der Waals surface area contributed by atoms with Crippen LogP contribution in [0.2, 0.25) is 0 Å². The van der Waals surface area contributed by atoms with Crippen LogP contribution in [0.15, 0.2) is 36.4 Å². The first-order valence-electron chi connectivity index (χ1n) is 9.97. The summed E-state index contributed by atoms with van der Waals surface area (Å²) >= 11 is 0. The van der Waals surface area contributed by atoms with Gasteiger partial charge in [-0.1, -0.05) is 24.3 Å². The minimum Gasteiger partial charge on any atom is -0.452 e. The third kappa shape index (κ3) is 3.26. The largest absolute Gasteiger partial charge is 0.452 e. The highest BCUT2D eigenvalue weighted by atomic mass is 16.5. The molecule has 1 aliphatic carbocycles. The van der Waals surface area contributed by atoms with Crippen molar-refractivity contribution in [3.63, 3.8) is 0 Å². The highest BCUT2D eigenvalue weighted by Gasteiger charge is 2.33. The summed E-state index contributed by atoms with van der Waals surface area (Å²) in [5, 5.41) is 0. The molecule has 2 aromatic rings. The van der Waals surface area contributed by atoms with Gasteiger partial charge in [0.15, 0.2) is 18.2 Å². The number of hydrogen-bond acceptors (Lipinski definition) is 6. The van der Waals surface area contributed by atoms with Gasteiger partial charge in [-0.05, 0) is 38.3 Å². The number of amides is 1. The standard InChI is InChI=1S/C23H22N2O5/c1-13-6-4-5-11-25(13)18(26)12-30-23(29)17-10-9-16-19(20(17)24)22(28)15-8-3-2-7-14(15)21(16)27/h2-3,7-10,13H,4-6,11-12,24H2,1H3/t13-/m0/s1. The van der Waals surface area contributed by atoms with Crippen molar-refractivity contribution in [2.75, 3.05) is 18.9 Å². The summed E-state index contributed by atoms with van der Waals surface area (Å²) in [6.07, 6.45) is 2.93. The Kier molecular flexibility index (Phi) is 5.11. The number of ketones is 2. The summed E-state index contributed by atoms with van der Waals surface area (Å²) in [6, 6.07) is 9.38. The van der Waals surface area contributed by atoms with Crippen LogP contribution < -0.4 is 5.73 Å². The van der Waals surface area contributed by atoms with Crippen LogP contribution >= 0.6 is 0 Å². The third-order valence-electron chi connectivity index (χ3n) is 5.80. The van der Waals surface area contributed by atoms with E-state index in [0.717, 1.165) is 19.3 Å². The predicted molar refractivity (Wildman–Crippen MR) is 109 cm³/mol. The first-order chi connectivity index (χ1) is 14.4. The van der Waals surface area contributed by atoms with Gasteiger partial charge >= 0.3 is 5.97 Å². The predicted octanol–water partition coefficient (Wildman–Crippen LogP) is 2.60. The second kappa shape index (κ2) is 7.74. The molecule has 154 valence electrons. The Balaban J connectivity index is 1.56. The molecule has 2 aliphatic rings. The number of benzene rings is 2. The fourth-order valence-corrected chi connectivity index (χ4v) is 4.15. The van der Waals surface area contributed by atoms with Crippen molar-refractivity contribution in [2.24, 2.45) is 0 Å². The maximum atomic E-state index is 12.9. The molecular weight excluding hydrogens is 384 g/mol. The SMILES string of the molecule is C[C@H]1CCCCN1C(=O)COC(=O)c1ccc2c(c1N)C(=O)c1ccccc1C2=O. The number of rotatable bonds is 3. The lowest BCUT2D eigenvalue weighted by Crippen LogP contribution is -2.44. The number of nitrogen functional groups attached to an aromatic ring is 1. The van der Waals surface area contributed by atoms with Gasteiger partial charge in [-0.25, -0.2) is 4.79 Å². The molecule has 1 saturated heterocycles. The number of anilines is 1. The van der Waals surface area contributed by atoms with Crippen LogP contribution in [-0.4, -0.2) is 47.5 Å². The lowest BCUT2D eigenvalue weighted by molar-refractivity contribution is -0.137. The molecule has 2 N–H and O–H groups in total. The summed E-state index contributed by atoms with van der Waals surface area (Å²) in [5.74, 6) is -1.79. The van der Waals surface area contributed by atoms with Crippen molar-refractivity contribution < 1.29 is 23.9 Å². The zero-order valence-electron chi connectivity index (χ0n) is 16.6. The van der Waals surface area contributed by atoms with Gasteiger partial charge in [0, 0.05) is 29.3 Å². The molecule has 0 aromatic heterocycles. The number of carbonyl (C=O) groups excluding carboxylic acids is 4. The van der Waals surface area contributed by atoms with Gasteiger partial charge in [0.2, 0.25) is 0 Å². The zero-order chi connectivity index (χ0) is 21.4. The highest BCUT2D eigenvalue weighted by molar-refractivity contribution is 6.30. The summed E-state index contributed by atoms with van der Waals surface area (Å²) < 4.78 is 5.19. The third-order valence-corrected chi connectivity index (χ3v) is 5.80. The van der Waals surface area contributed by atoms with E-state index in [1.54, 1.807) is 29.2 Å². The van der Waals surface area contributed by atoms with Crippen molar-refractivity contribution in [3.05, 3.63) is 64.2 Å². The van der Waals surface area contributed by atoms with Crippen molar-refractivity contribution in [3.8, 4) is 0 Å². The Morgan fingerprint density at radius 2 is 1.73 bits per heavy atom. The molecule has 0 unspecified atom stereocenters. The van der Waals surface area contributed by atoms with E-state index in [1.165, 1.54) is 12.1 Å². The number of fused-ring (bicyclic) bond motifs is 2. The number of piperidine rings is 1. The molecule has 4 rings (SSSR count). The van der Waals surface area contributed by atoms with Crippen LogP contribution in [-0.2, 0) is 9.53 Å². The Labute approximate surface area is 173 Å². The molecule has 1 heterocycles. The van der Waals surface area contributed by atoms with E-state index in [0.29, 0.717) is 12.1 Å². The molecule has 2 aromatic carbocycles. The summed E-state index contributed by atoms with van der Waals surface area (Å²) in [6.45, 7) is 2.23. The minimum atomic E-state index is -0.799. The van der Waals surface area contributed by atoms with Crippen molar-refractivity contribution in [2.45, 2.75) is 32.2 Å². The molecule has 1 aliphatic heterocycles. The number of hydrogen-bond donors (Lipinski definition) is 1. The number of nitrogens with zero attached hydrogens (tertiary/aromatic N) is 1. The zero-order valence-corrected chi connectivity index (χ0v) is 16.6. The first kappa shape index (κ1) is 19.8. The van der Waals surface area contributed by atoms with Crippen molar-refractivity contribution in [1.82, 2.24) is 4.90 Å². The lowest BCUT2D eigenvalue weighted by Gasteiger charge is -2.33. The number of likely N-dealkylation sites (tertiary alicyclic amines) is 1. The van der Waals surface area contributed by atoms with Crippen LogP contribution in [0.25, 0.3) is 0 Å². The number of esters is 1. The lowest BCUT2D eigenvalue weighted by atomic mass is 9.82. The average molecular weight is 406 g/mol. The Bertz CT molecular complexity index is 1080. The molecule has 1 amide bonds. The quantitative estimate of drug-likeness (QED) is 0.529. The number of carbonyl (C=O) groups is 4. The van der Waals surface area contributed by atoms with Gasteiger partial charge in [0.05, 0.1) is 16.8 Å². The second-order valence-corrected chi connectivity index (χ2v) is 7.66. The van der Waals surface area contributed by atoms with E-state index in [-0.39, 0.29) is 45.7 Å². The molecular formula is C23H22N2O5. The first-order valence-corrected chi connectivity index (χ1v) is 9.97. The van der Waals surface area contributed by atoms with E-state index >= 15 is 0 Å². The molecule has 1 fully saturated rings. The average Bonchev–Trinajstić information content (AvgIpc) is 2.75. The van der Waals surface area contributed by atoms with E-state index in [1.807, 2.05) is 6.92 Å². The van der Waals surface area contributed by atoms with E-state index in [2.05, 4.69) is 0 Å². The van der Waals surface area contributed by atoms with Gasteiger partial charge in [-0.2, -0.15) is 0 Å². The Morgan fingerprint density at radius 3 is 2.43 bits per heavy atom. The van der Waals surface area contributed by atoms with Crippen LogP contribution in [0, 0.1) is 0 Å². The number of ether oxygens (including phenoxy) is 1. The molecule has 30 heavy (non-hydrogen) atoms. The molecule has 1 atom stereocenters. The van der Waals surface area contributed by atoms with Crippen molar-refractivity contribution >= 4 is 29.1 Å². The van der Waals surface area contributed by atoms with Gasteiger partial charge < -0.3 is 15.4 Å². The van der Waals surface area contributed by atoms with Gasteiger partial charge in [-0.3, -0.25) is 14.4 Å². The van der Waals surface area contributed by atoms with Crippen molar-refractivity contribution in [1.29, 1.82) is 0 Å². The van der Waals surface area contributed by atoms with Crippen LogP contribution in [0.3, 0.4) is 0 Å². The number of nitrogens with two attached hydrogens (primary N) is 1. The second-order valence-electron chi connectivity index (χ2n) is 7.66. The molecule has 0 saturated carbocycles. The Hall–Kier alpha value is -3.48. The topological polar surface area (TPSA) is 107 Å². The summed E-state index contributed by atoms with van der Waals surface area (Å²) in [5.41, 5.74) is 6.70.